The average Bonchev–Trinajstić information content (AvgIpc) is 2.74. The van der Waals surface area contributed by atoms with Gasteiger partial charge in [-0.1, -0.05) is 29.8 Å². The maximum Gasteiger partial charge on any atom is 0.335 e. The Balaban J connectivity index is 1.95. The summed E-state index contributed by atoms with van der Waals surface area (Å²) in [6, 6.07) is 10.9. The molecule has 0 aliphatic carbocycles. The number of sulfonamides is 1. The summed E-state index contributed by atoms with van der Waals surface area (Å²) in [4.78, 5) is 13.3. The summed E-state index contributed by atoms with van der Waals surface area (Å²) in [5, 5.41) is 9.27. The van der Waals surface area contributed by atoms with Gasteiger partial charge < -0.3 is 14.6 Å². The van der Waals surface area contributed by atoms with Gasteiger partial charge in [0, 0.05) is 19.6 Å². The SMILES string of the molecule is COc1ccc(C(=O)O)cc1S(=O)(=O)NC(CN1CCOCC1)c1ccc(C)cc1. The van der Waals surface area contributed by atoms with Gasteiger partial charge in [-0.25, -0.2) is 17.9 Å². The van der Waals surface area contributed by atoms with Gasteiger partial charge in [0.1, 0.15) is 10.6 Å². The number of rotatable bonds is 8. The lowest BCUT2D eigenvalue weighted by atomic mass is 10.1. The number of aromatic carboxylic acids is 1. The molecular formula is C21H26N2O6S. The van der Waals surface area contributed by atoms with Gasteiger partial charge in [0.2, 0.25) is 10.0 Å². The Labute approximate surface area is 176 Å². The third-order valence-electron chi connectivity index (χ3n) is 5.02. The number of carbonyl (C=O) groups is 1. The van der Waals surface area contributed by atoms with Crippen LogP contribution in [0.1, 0.15) is 27.5 Å². The van der Waals surface area contributed by atoms with Crippen LogP contribution in [0.5, 0.6) is 5.75 Å². The highest BCUT2D eigenvalue weighted by Gasteiger charge is 2.27. The molecule has 2 aromatic rings. The van der Waals surface area contributed by atoms with Crippen molar-refractivity contribution < 1.29 is 27.8 Å². The number of methoxy groups -OCH3 is 1. The van der Waals surface area contributed by atoms with Crippen molar-refractivity contribution >= 4 is 16.0 Å². The van der Waals surface area contributed by atoms with Gasteiger partial charge in [0.25, 0.3) is 0 Å². The molecule has 0 spiro atoms. The van der Waals surface area contributed by atoms with E-state index in [0.29, 0.717) is 32.8 Å². The van der Waals surface area contributed by atoms with Crippen molar-refractivity contribution in [2.45, 2.75) is 17.9 Å². The summed E-state index contributed by atoms with van der Waals surface area (Å²) in [5.74, 6) is -1.13. The molecule has 1 heterocycles. The quantitative estimate of drug-likeness (QED) is 0.655. The molecule has 162 valence electrons. The Morgan fingerprint density at radius 2 is 1.87 bits per heavy atom. The predicted molar refractivity (Wildman–Crippen MR) is 111 cm³/mol. The Hall–Kier alpha value is -2.46. The zero-order chi connectivity index (χ0) is 21.7. The molecule has 0 saturated carbocycles. The van der Waals surface area contributed by atoms with E-state index < -0.39 is 22.0 Å². The van der Waals surface area contributed by atoms with Gasteiger partial charge in [-0.15, -0.1) is 0 Å². The number of hydrogen-bond acceptors (Lipinski definition) is 6. The second kappa shape index (κ2) is 9.57. The number of carboxylic acid groups (broad SMARTS) is 1. The third kappa shape index (κ3) is 5.37. The first-order valence-corrected chi connectivity index (χ1v) is 11.1. The van der Waals surface area contributed by atoms with Crippen LogP contribution in [0.25, 0.3) is 0 Å². The second-order valence-corrected chi connectivity index (χ2v) is 8.85. The zero-order valence-corrected chi connectivity index (χ0v) is 17.8. The molecule has 30 heavy (non-hydrogen) atoms. The summed E-state index contributed by atoms with van der Waals surface area (Å²) < 4.78 is 39.8. The van der Waals surface area contributed by atoms with Gasteiger partial charge in [-0.05, 0) is 30.7 Å². The van der Waals surface area contributed by atoms with Crippen LogP contribution in [0.3, 0.4) is 0 Å². The first kappa shape index (κ1) is 22.2. The van der Waals surface area contributed by atoms with E-state index in [2.05, 4.69) is 9.62 Å². The summed E-state index contributed by atoms with van der Waals surface area (Å²) in [6.45, 7) is 5.05. The molecule has 3 rings (SSSR count). The monoisotopic (exact) mass is 434 g/mol. The summed E-state index contributed by atoms with van der Waals surface area (Å²) >= 11 is 0. The highest BCUT2D eigenvalue weighted by molar-refractivity contribution is 7.89. The molecule has 1 unspecified atom stereocenters. The molecule has 2 N–H and O–H groups in total. The highest BCUT2D eigenvalue weighted by Crippen LogP contribution is 2.27. The summed E-state index contributed by atoms with van der Waals surface area (Å²) in [5.41, 5.74) is 1.77. The molecule has 9 heteroatoms. The van der Waals surface area contributed by atoms with E-state index in [0.717, 1.165) is 17.2 Å². The smallest absolute Gasteiger partial charge is 0.335 e. The standard InChI is InChI=1S/C21H26N2O6S/c1-15-3-5-16(6-4-15)18(14-23-9-11-29-12-10-23)22-30(26,27)20-13-17(21(24)25)7-8-19(20)28-2/h3-8,13,18,22H,9-12,14H2,1-2H3,(H,24,25). The third-order valence-corrected chi connectivity index (χ3v) is 6.51. The Bertz CT molecular complexity index is 985. The van der Waals surface area contributed by atoms with Crippen molar-refractivity contribution in [3.8, 4) is 5.75 Å². The second-order valence-electron chi connectivity index (χ2n) is 7.17. The van der Waals surface area contributed by atoms with Gasteiger partial charge in [-0.2, -0.15) is 0 Å². The minimum atomic E-state index is -4.06. The fourth-order valence-electron chi connectivity index (χ4n) is 3.32. The van der Waals surface area contributed by atoms with Crippen LogP contribution in [0.15, 0.2) is 47.4 Å². The van der Waals surface area contributed by atoms with Gasteiger partial charge in [0.15, 0.2) is 0 Å². The number of ether oxygens (including phenoxy) is 2. The van der Waals surface area contributed by atoms with Crippen LogP contribution in [0, 0.1) is 6.92 Å². The maximum atomic E-state index is 13.3. The first-order chi connectivity index (χ1) is 14.3. The number of benzene rings is 2. The van der Waals surface area contributed by atoms with Crippen molar-refractivity contribution in [3.63, 3.8) is 0 Å². The normalized spacial score (nSPS) is 16.2. The Morgan fingerprint density at radius 3 is 2.47 bits per heavy atom. The molecule has 1 fully saturated rings. The van der Waals surface area contributed by atoms with E-state index in [4.69, 9.17) is 9.47 Å². The summed E-state index contributed by atoms with van der Waals surface area (Å²) in [7, 11) is -2.72. The summed E-state index contributed by atoms with van der Waals surface area (Å²) in [6.07, 6.45) is 0. The zero-order valence-electron chi connectivity index (χ0n) is 17.0. The van der Waals surface area contributed by atoms with Gasteiger partial charge in [-0.3, -0.25) is 4.90 Å². The molecule has 1 atom stereocenters. The highest BCUT2D eigenvalue weighted by atomic mass is 32.2. The van der Waals surface area contributed by atoms with Crippen molar-refractivity contribution in [2.75, 3.05) is 40.0 Å². The van der Waals surface area contributed by atoms with Gasteiger partial charge >= 0.3 is 5.97 Å². The maximum absolute atomic E-state index is 13.3. The number of hydrogen-bond donors (Lipinski definition) is 2. The molecule has 2 aromatic carbocycles. The molecule has 0 aromatic heterocycles. The number of nitrogens with one attached hydrogen (secondary N) is 1. The van der Waals surface area contributed by atoms with E-state index in [9.17, 15) is 18.3 Å². The van der Waals surface area contributed by atoms with Crippen LogP contribution in [0.4, 0.5) is 0 Å². The van der Waals surface area contributed by atoms with Crippen molar-refractivity contribution in [3.05, 3.63) is 59.2 Å². The van der Waals surface area contributed by atoms with Crippen molar-refractivity contribution in [2.24, 2.45) is 0 Å². The van der Waals surface area contributed by atoms with Gasteiger partial charge in [0.05, 0.1) is 31.9 Å². The molecule has 0 radical (unpaired) electrons. The molecule has 0 amide bonds. The lowest BCUT2D eigenvalue weighted by Crippen LogP contribution is -2.43. The molecular weight excluding hydrogens is 408 g/mol. The number of aryl methyl sites for hydroxylation is 1. The molecule has 1 aliphatic rings. The van der Waals surface area contributed by atoms with E-state index in [1.54, 1.807) is 0 Å². The van der Waals surface area contributed by atoms with E-state index in [-0.39, 0.29) is 16.2 Å². The van der Waals surface area contributed by atoms with Crippen LogP contribution in [-0.2, 0) is 14.8 Å². The molecule has 8 nitrogen and oxygen atoms in total. The predicted octanol–water partition coefficient (Wildman–Crippen LogP) is 2.05. The average molecular weight is 435 g/mol. The Morgan fingerprint density at radius 1 is 1.20 bits per heavy atom. The van der Waals surface area contributed by atoms with E-state index >= 15 is 0 Å². The van der Waals surface area contributed by atoms with Crippen LogP contribution in [0.2, 0.25) is 0 Å². The fraction of sp³-hybridized carbons (Fsp3) is 0.381. The molecule has 1 aliphatic heterocycles. The molecule has 0 bridgehead atoms. The van der Waals surface area contributed by atoms with Crippen LogP contribution in [-0.4, -0.2) is 64.4 Å². The first-order valence-electron chi connectivity index (χ1n) is 9.60. The lowest BCUT2D eigenvalue weighted by molar-refractivity contribution is 0.0345. The minimum Gasteiger partial charge on any atom is -0.495 e. The van der Waals surface area contributed by atoms with Crippen LogP contribution < -0.4 is 9.46 Å². The number of carboxylic acids is 1. The van der Waals surface area contributed by atoms with Crippen molar-refractivity contribution in [1.29, 1.82) is 0 Å². The lowest BCUT2D eigenvalue weighted by Gasteiger charge is -2.31. The largest absolute Gasteiger partial charge is 0.495 e. The molecule has 1 saturated heterocycles. The number of nitrogens with zero attached hydrogens (tertiary/aromatic N) is 1. The minimum absolute atomic E-state index is 0.0847. The Kier molecular flexibility index (Phi) is 7.09. The number of morpholine rings is 1. The van der Waals surface area contributed by atoms with Crippen LogP contribution >= 0.6 is 0 Å². The topological polar surface area (TPSA) is 105 Å². The fourth-order valence-corrected chi connectivity index (χ4v) is 4.73. The van der Waals surface area contributed by atoms with E-state index in [1.807, 2.05) is 31.2 Å². The van der Waals surface area contributed by atoms with Crippen molar-refractivity contribution in [1.82, 2.24) is 9.62 Å². The van der Waals surface area contributed by atoms with E-state index in [1.165, 1.54) is 19.2 Å².